The number of hydrogen-bond donors (Lipinski definition) is 1. The van der Waals surface area contributed by atoms with Crippen LogP contribution in [0.25, 0.3) is 11.3 Å². The Kier molecular flexibility index (Phi) is 4.45. The third-order valence-corrected chi connectivity index (χ3v) is 6.40. The van der Waals surface area contributed by atoms with E-state index in [9.17, 15) is 0 Å². The first-order valence-electron chi connectivity index (χ1n) is 9.48. The van der Waals surface area contributed by atoms with Gasteiger partial charge in [0.2, 0.25) is 0 Å². The summed E-state index contributed by atoms with van der Waals surface area (Å²) in [4.78, 5) is 8.07. The molecule has 1 aliphatic carbocycles. The Morgan fingerprint density at radius 1 is 1.04 bits per heavy atom. The number of imidazole rings is 1. The first kappa shape index (κ1) is 18.1. The molecule has 2 heterocycles. The quantitative estimate of drug-likeness (QED) is 0.795. The highest BCUT2D eigenvalue weighted by molar-refractivity contribution is 6.62. The van der Waals surface area contributed by atoms with Gasteiger partial charge >= 0.3 is 7.12 Å². The summed E-state index contributed by atoms with van der Waals surface area (Å²) < 4.78 is 12.2. The average Bonchev–Trinajstić information content (AvgIpc) is 3.27. The third-order valence-electron chi connectivity index (χ3n) is 6.13. The smallest absolute Gasteiger partial charge is 0.399 e. The molecule has 0 atom stereocenters. The van der Waals surface area contributed by atoms with Crippen LogP contribution in [0, 0.1) is 0 Å². The first-order chi connectivity index (χ1) is 12.3. The van der Waals surface area contributed by atoms with Crippen molar-refractivity contribution in [2.45, 2.75) is 70.5 Å². The van der Waals surface area contributed by atoms with E-state index in [1.807, 2.05) is 24.3 Å². The van der Waals surface area contributed by atoms with Crippen LogP contribution in [0.15, 0.2) is 24.3 Å². The lowest BCUT2D eigenvalue weighted by Crippen LogP contribution is -2.41. The summed E-state index contributed by atoms with van der Waals surface area (Å²) >= 11 is 6.43. The first-order valence-corrected chi connectivity index (χ1v) is 9.86. The van der Waals surface area contributed by atoms with E-state index in [0.29, 0.717) is 11.1 Å². The van der Waals surface area contributed by atoms with Crippen molar-refractivity contribution in [1.29, 1.82) is 0 Å². The molecule has 1 aromatic carbocycles. The van der Waals surface area contributed by atoms with Crippen LogP contribution in [-0.2, 0) is 9.31 Å². The Bertz CT molecular complexity index is 779. The van der Waals surface area contributed by atoms with Crippen molar-refractivity contribution in [3.63, 3.8) is 0 Å². The minimum absolute atomic E-state index is 0.335. The molecule has 4 nitrogen and oxygen atoms in total. The Labute approximate surface area is 160 Å². The molecular formula is C20H26BClN2O2. The maximum Gasteiger partial charge on any atom is 0.494 e. The summed E-state index contributed by atoms with van der Waals surface area (Å²) in [5.41, 5.74) is 2.18. The normalized spacial score (nSPS) is 22.3. The summed E-state index contributed by atoms with van der Waals surface area (Å²) in [5.74, 6) is 1.54. The lowest BCUT2D eigenvalue weighted by molar-refractivity contribution is 0.00578. The fourth-order valence-corrected chi connectivity index (χ4v) is 3.98. The molecule has 4 rings (SSSR count). The second kappa shape index (κ2) is 6.40. The number of aromatic nitrogens is 2. The molecule has 0 bridgehead atoms. The molecule has 0 spiro atoms. The summed E-state index contributed by atoms with van der Waals surface area (Å²) in [6, 6.07) is 8.16. The summed E-state index contributed by atoms with van der Waals surface area (Å²) in [5, 5.41) is 0.621. The van der Waals surface area contributed by atoms with Crippen LogP contribution in [0.5, 0.6) is 0 Å². The zero-order valence-electron chi connectivity index (χ0n) is 15.9. The lowest BCUT2D eigenvalue weighted by atomic mass is 9.79. The van der Waals surface area contributed by atoms with E-state index in [1.165, 1.54) is 25.7 Å². The van der Waals surface area contributed by atoms with Crippen molar-refractivity contribution >= 4 is 24.2 Å². The number of benzene rings is 1. The molecule has 138 valence electrons. The molecule has 0 radical (unpaired) electrons. The van der Waals surface area contributed by atoms with Gasteiger partial charge in [0.15, 0.2) is 0 Å². The van der Waals surface area contributed by atoms with Crippen molar-refractivity contribution in [2.24, 2.45) is 0 Å². The number of hydrogen-bond acceptors (Lipinski definition) is 3. The van der Waals surface area contributed by atoms with Crippen LogP contribution in [-0.4, -0.2) is 28.3 Å². The minimum Gasteiger partial charge on any atom is -0.399 e. The third kappa shape index (κ3) is 3.10. The van der Waals surface area contributed by atoms with Gasteiger partial charge in [0.05, 0.1) is 11.2 Å². The minimum atomic E-state index is -0.349. The second-order valence-corrected chi connectivity index (χ2v) is 8.85. The Hall–Kier alpha value is -1.30. The summed E-state index contributed by atoms with van der Waals surface area (Å²) in [6.45, 7) is 8.26. The molecule has 0 unspecified atom stereocenters. The van der Waals surface area contributed by atoms with E-state index in [1.54, 1.807) is 0 Å². The molecule has 2 aromatic rings. The zero-order chi connectivity index (χ0) is 18.5. The molecule has 1 saturated carbocycles. The maximum absolute atomic E-state index is 6.43. The molecule has 2 fully saturated rings. The van der Waals surface area contributed by atoms with Gasteiger partial charge < -0.3 is 14.3 Å². The second-order valence-electron chi connectivity index (χ2n) is 8.48. The molecule has 6 heteroatoms. The van der Waals surface area contributed by atoms with E-state index in [2.05, 4.69) is 32.7 Å². The van der Waals surface area contributed by atoms with Gasteiger partial charge in [0.1, 0.15) is 16.7 Å². The van der Waals surface area contributed by atoms with Crippen LogP contribution in [0.2, 0.25) is 5.15 Å². The number of rotatable bonds is 3. The highest BCUT2D eigenvalue weighted by Gasteiger charge is 2.51. The molecule has 2 aliphatic rings. The largest absolute Gasteiger partial charge is 0.494 e. The van der Waals surface area contributed by atoms with Crippen molar-refractivity contribution in [2.75, 3.05) is 0 Å². The van der Waals surface area contributed by atoms with Gasteiger partial charge in [-0.1, -0.05) is 48.7 Å². The number of nitrogens with one attached hydrogen (secondary N) is 1. The Morgan fingerprint density at radius 2 is 1.62 bits per heavy atom. The van der Waals surface area contributed by atoms with Crippen LogP contribution in [0.4, 0.5) is 0 Å². The lowest BCUT2D eigenvalue weighted by Gasteiger charge is -2.32. The molecule has 1 aliphatic heterocycles. The van der Waals surface area contributed by atoms with Gasteiger partial charge in [-0.2, -0.15) is 0 Å². The Morgan fingerprint density at radius 3 is 2.19 bits per heavy atom. The van der Waals surface area contributed by atoms with E-state index < -0.39 is 0 Å². The van der Waals surface area contributed by atoms with Gasteiger partial charge in [-0.3, -0.25) is 0 Å². The average molecular weight is 373 g/mol. The molecule has 26 heavy (non-hydrogen) atoms. The fraction of sp³-hybridized carbons (Fsp3) is 0.550. The Balaban J connectivity index is 1.55. The van der Waals surface area contributed by atoms with Crippen molar-refractivity contribution < 1.29 is 9.31 Å². The number of halogens is 1. The van der Waals surface area contributed by atoms with E-state index in [0.717, 1.165) is 22.5 Å². The molecule has 1 aromatic heterocycles. The van der Waals surface area contributed by atoms with Crippen molar-refractivity contribution in [1.82, 2.24) is 9.97 Å². The van der Waals surface area contributed by atoms with E-state index >= 15 is 0 Å². The number of H-pyrrole nitrogens is 1. The highest BCUT2D eigenvalue weighted by atomic mass is 35.5. The topological polar surface area (TPSA) is 47.1 Å². The van der Waals surface area contributed by atoms with Gasteiger partial charge in [0.25, 0.3) is 0 Å². The molecular weight excluding hydrogens is 346 g/mol. The van der Waals surface area contributed by atoms with Crippen LogP contribution < -0.4 is 5.46 Å². The standard InChI is InChI=1S/C20H26BClN2O2/c1-19(2)20(3,4)26-21(25-19)15-11-9-13(10-12-15)16-17(22)24-18(23-16)14-7-5-6-8-14/h9-12,14H,5-8H2,1-4H3,(H,23,24). The van der Waals surface area contributed by atoms with Crippen molar-refractivity contribution in [3.8, 4) is 11.3 Å². The van der Waals surface area contributed by atoms with Gasteiger partial charge in [-0.25, -0.2) is 4.98 Å². The number of nitrogens with zero attached hydrogens (tertiary/aromatic N) is 1. The van der Waals surface area contributed by atoms with Gasteiger partial charge in [-0.15, -0.1) is 0 Å². The molecule has 1 saturated heterocycles. The zero-order valence-corrected chi connectivity index (χ0v) is 16.7. The van der Waals surface area contributed by atoms with Crippen molar-refractivity contribution in [3.05, 3.63) is 35.2 Å². The maximum atomic E-state index is 6.43. The highest BCUT2D eigenvalue weighted by Crippen LogP contribution is 2.37. The summed E-state index contributed by atoms with van der Waals surface area (Å²) in [7, 11) is -0.349. The van der Waals surface area contributed by atoms with Gasteiger partial charge in [-0.05, 0) is 46.0 Å². The number of aromatic amines is 1. The predicted octanol–water partition coefficient (Wildman–Crippen LogP) is 4.69. The van der Waals surface area contributed by atoms with E-state index in [-0.39, 0.29) is 18.3 Å². The molecule has 0 amide bonds. The summed E-state index contributed by atoms with van der Waals surface area (Å²) in [6.07, 6.45) is 4.95. The van der Waals surface area contributed by atoms with Crippen LogP contribution in [0.3, 0.4) is 0 Å². The fourth-order valence-electron chi connectivity index (χ4n) is 3.73. The monoisotopic (exact) mass is 372 g/mol. The molecule has 1 N–H and O–H groups in total. The van der Waals surface area contributed by atoms with Crippen LogP contribution in [0.1, 0.15) is 65.1 Å². The SMILES string of the molecule is CC1(C)OB(c2ccc(-c3nc(C4CCCC4)[nH]c3Cl)cc2)OC1(C)C. The predicted molar refractivity (Wildman–Crippen MR) is 106 cm³/mol. The van der Waals surface area contributed by atoms with E-state index in [4.69, 9.17) is 25.9 Å². The van der Waals surface area contributed by atoms with Gasteiger partial charge in [0, 0.05) is 11.5 Å². The van der Waals surface area contributed by atoms with Crippen LogP contribution >= 0.6 is 11.6 Å².